The highest BCUT2D eigenvalue weighted by Crippen LogP contribution is 2.30. The first-order valence-electron chi connectivity index (χ1n) is 6.78. The number of benzene rings is 1. The molecule has 0 saturated heterocycles. The summed E-state index contributed by atoms with van der Waals surface area (Å²) in [5.74, 6) is -0.184. The van der Waals surface area contributed by atoms with Crippen molar-refractivity contribution in [2.75, 3.05) is 6.54 Å². The summed E-state index contributed by atoms with van der Waals surface area (Å²) in [5, 5.41) is 17.0. The maximum atomic E-state index is 12.3. The van der Waals surface area contributed by atoms with Gasteiger partial charge in [-0.1, -0.05) is 12.1 Å². The number of carbonyl (C=O) groups excluding carboxylic acids is 1. The fourth-order valence-electron chi connectivity index (χ4n) is 2.38. The summed E-state index contributed by atoms with van der Waals surface area (Å²) in [5.41, 5.74) is 0.575. The first-order valence-corrected chi connectivity index (χ1v) is 6.78. The van der Waals surface area contributed by atoms with E-state index in [0.29, 0.717) is 12.1 Å². The Balaban J connectivity index is 1.78. The van der Waals surface area contributed by atoms with Crippen LogP contribution in [-0.4, -0.2) is 32.9 Å². The number of rotatable bonds is 4. The summed E-state index contributed by atoms with van der Waals surface area (Å²) in [7, 11) is 0. The van der Waals surface area contributed by atoms with Crippen LogP contribution in [0.15, 0.2) is 42.7 Å². The molecule has 20 heavy (non-hydrogen) atoms. The summed E-state index contributed by atoms with van der Waals surface area (Å²) >= 11 is 0. The van der Waals surface area contributed by atoms with Crippen molar-refractivity contribution >= 4 is 5.91 Å². The molecule has 2 aromatic rings. The quantitative estimate of drug-likeness (QED) is 0.886. The molecule has 1 aromatic heterocycles. The average Bonchev–Trinajstić information content (AvgIpc) is 2.96. The molecule has 0 atom stereocenters. The highest BCUT2D eigenvalue weighted by Gasteiger charge is 2.34. The number of nitrogens with zero attached hydrogens (tertiary/aromatic N) is 2. The second-order valence-electron chi connectivity index (χ2n) is 5.23. The summed E-state index contributed by atoms with van der Waals surface area (Å²) in [4.78, 5) is 12.3. The summed E-state index contributed by atoms with van der Waals surface area (Å²) in [6.45, 7) is 0.305. The van der Waals surface area contributed by atoms with Crippen LogP contribution >= 0.6 is 0 Å². The number of amides is 1. The third-order valence-corrected chi connectivity index (χ3v) is 3.76. The van der Waals surface area contributed by atoms with Gasteiger partial charge in [-0.2, -0.15) is 5.10 Å². The molecule has 1 fully saturated rings. The topological polar surface area (TPSA) is 67.2 Å². The largest absolute Gasteiger partial charge is 0.388 e. The highest BCUT2D eigenvalue weighted by molar-refractivity contribution is 5.97. The summed E-state index contributed by atoms with van der Waals surface area (Å²) in [6, 6.07) is 9.11. The summed E-state index contributed by atoms with van der Waals surface area (Å²) in [6.07, 6.45) is 6.01. The van der Waals surface area contributed by atoms with E-state index in [-0.39, 0.29) is 5.91 Å². The Morgan fingerprint density at radius 3 is 2.80 bits per heavy atom. The molecule has 0 spiro atoms. The number of aromatic nitrogens is 2. The van der Waals surface area contributed by atoms with E-state index in [2.05, 4.69) is 10.4 Å². The molecule has 5 heteroatoms. The average molecular weight is 271 g/mol. The number of carbonyl (C=O) groups is 1. The molecule has 1 aliphatic carbocycles. The van der Waals surface area contributed by atoms with Crippen molar-refractivity contribution in [3.63, 3.8) is 0 Å². The molecule has 0 radical (unpaired) electrons. The van der Waals surface area contributed by atoms with Gasteiger partial charge in [-0.25, -0.2) is 4.68 Å². The second kappa shape index (κ2) is 5.09. The lowest BCUT2D eigenvalue weighted by molar-refractivity contribution is -0.0300. The molecule has 0 aliphatic heterocycles. The Morgan fingerprint density at radius 2 is 2.15 bits per heavy atom. The minimum absolute atomic E-state index is 0.184. The van der Waals surface area contributed by atoms with Gasteiger partial charge in [-0.3, -0.25) is 4.79 Å². The Hall–Kier alpha value is -2.14. The van der Waals surface area contributed by atoms with Crippen molar-refractivity contribution in [2.24, 2.45) is 0 Å². The number of para-hydroxylation sites is 1. The van der Waals surface area contributed by atoms with Crippen molar-refractivity contribution in [1.29, 1.82) is 0 Å². The van der Waals surface area contributed by atoms with Gasteiger partial charge in [0.1, 0.15) is 0 Å². The lowest BCUT2D eigenvalue weighted by Crippen LogP contribution is -2.47. The smallest absolute Gasteiger partial charge is 0.253 e. The molecule has 3 rings (SSSR count). The highest BCUT2D eigenvalue weighted by atomic mass is 16.3. The first-order chi connectivity index (χ1) is 9.68. The number of aliphatic hydroxyl groups is 1. The number of hydrogen-bond donors (Lipinski definition) is 2. The molecule has 0 unspecified atom stereocenters. The Labute approximate surface area is 117 Å². The van der Waals surface area contributed by atoms with Gasteiger partial charge in [-0.05, 0) is 37.5 Å². The van der Waals surface area contributed by atoms with Crippen LogP contribution in [0.4, 0.5) is 0 Å². The zero-order valence-corrected chi connectivity index (χ0v) is 11.1. The van der Waals surface area contributed by atoms with E-state index in [9.17, 15) is 9.90 Å². The fraction of sp³-hybridized carbons (Fsp3) is 0.333. The van der Waals surface area contributed by atoms with Crippen molar-refractivity contribution in [2.45, 2.75) is 24.9 Å². The van der Waals surface area contributed by atoms with Crippen LogP contribution in [0, 0.1) is 0 Å². The van der Waals surface area contributed by atoms with Crippen molar-refractivity contribution in [3.05, 3.63) is 48.3 Å². The van der Waals surface area contributed by atoms with Gasteiger partial charge in [-0.15, -0.1) is 0 Å². The molecular weight excluding hydrogens is 254 g/mol. The minimum atomic E-state index is -0.712. The molecule has 104 valence electrons. The van der Waals surface area contributed by atoms with Gasteiger partial charge in [0.05, 0.1) is 16.9 Å². The van der Waals surface area contributed by atoms with Crippen LogP contribution in [-0.2, 0) is 0 Å². The molecule has 2 N–H and O–H groups in total. The maximum absolute atomic E-state index is 12.3. The summed E-state index contributed by atoms with van der Waals surface area (Å²) < 4.78 is 1.66. The second-order valence-corrected chi connectivity index (χ2v) is 5.23. The van der Waals surface area contributed by atoms with E-state index < -0.39 is 5.60 Å². The van der Waals surface area contributed by atoms with Gasteiger partial charge < -0.3 is 10.4 Å². The predicted molar refractivity (Wildman–Crippen MR) is 74.7 cm³/mol. The third kappa shape index (κ3) is 2.44. The van der Waals surface area contributed by atoms with Crippen molar-refractivity contribution in [1.82, 2.24) is 15.1 Å². The van der Waals surface area contributed by atoms with Crippen LogP contribution in [0.25, 0.3) is 5.69 Å². The molecule has 1 heterocycles. The van der Waals surface area contributed by atoms with Crippen molar-refractivity contribution < 1.29 is 9.90 Å². The molecule has 1 amide bonds. The van der Waals surface area contributed by atoms with Gasteiger partial charge in [0.25, 0.3) is 5.91 Å². The number of nitrogens with one attached hydrogen (secondary N) is 1. The van der Waals surface area contributed by atoms with E-state index in [1.54, 1.807) is 23.1 Å². The van der Waals surface area contributed by atoms with Crippen LogP contribution in [0.3, 0.4) is 0 Å². The fourth-order valence-corrected chi connectivity index (χ4v) is 2.38. The molecule has 0 bridgehead atoms. The first kappa shape index (κ1) is 12.9. The third-order valence-electron chi connectivity index (χ3n) is 3.76. The van der Waals surface area contributed by atoms with Gasteiger partial charge in [0, 0.05) is 18.9 Å². The maximum Gasteiger partial charge on any atom is 0.253 e. The van der Waals surface area contributed by atoms with Crippen LogP contribution in [0.5, 0.6) is 0 Å². The van der Waals surface area contributed by atoms with E-state index in [1.165, 1.54) is 0 Å². The standard InChI is InChI=1S/C15H17N3O2/c19-14(16-11-15(20)7-3-8-15)12-5-1-2-6-13(12)18-10-4-9-17-18/h1-2,4-6,9-10,20H,3,7-8,11H2,(H,16,19). The van der Waals surface area contributed by atoms with E-state index in [4.69, 9.17) is 0 Å². The van der Waals surface area contributed by atoms with Crippen LogP contribution in [0.1, 0.15) is 29.6 Å². The lowest BCUT2D eigenvalue weighted by atomic mass is 9.80. The lowest BCUT2D eigenvalue weighted by Gasteiger charge is -2.36. The van der Waals surface area contributed by atoms with E-state index >= 15 is 0 Å². The molecular formula is C15H17N3O2. The SMILES string of the molecule is O=C(NCC1(O)CCC1)c1ccccc1-n1cccn1. The zero-order chi connectivity index (χ0) is 14.0. The molecule has 1 aliphatic rings. The molecule has 1 aromatic carbocycles. The van der Waals surface area contributed by atoms with Crippen LogP contribution in [0.2, 0.25) is 0 Å². The molecule has 5 nitrogen and oxygen atoms in total. The Morgan fingerprint density at radius 1 is 1.35 bits per heavy atom. The minimum Gasteiger partial charge on any atom is -0.388 e. The number of hydrogen-bond acceptors (Lipinski definition) is 3. The van der Waals surface area contributed by atoms with Gasteiger partial charge >= 0.3 is 0 Å². The Bertz CT molecular complexity index is 603. The normalized spacial score (nSPS) is 16.4. The molecule has 1 saturated carbocycles. The van der Waals surface area contributed by atoms with Gasteiger partial charge in [0.2, 0.25) is 0 Å². The van der Waals surface area contributed by atoms with E-state index in [1.807, 2.05) is 24.3 Å². The van der Waals surface area contributed by atoms with Crippen LogP contribution < -0.4 is 5.32 Å². The monoisotopic (exact) mass is 271 g/mol. The van der Waals surface area contributed by atoms with Crippen molar-refractivity contribution in [3.8, 4) is 5.69 Å². The zero-order valence-electron chi connectivity index (χ0n) is 11.1. The predicted octanol–water partition coefficient (Wildman–Crippen LogP) is 1.52. The van der Waals surface area contributed by atoms with Gasteiger partial charge in [0.15, 0.2) is 0 Å². The Kier molecular flexibility index (Phi) is 3.28. The van der Waals surface area contributed by atoms with E-state index in [0.717, 1.165) is 24.9 Å².